The molecule has 0 aliphatic rings. The summed E-state index contributed by atoms with van der Waals surface area (Å²) in [5.41, 5.74) is 5.69. The second-order valence-corrected chi connectivity index (χ2v) is 3.08. The van der Waals surface area contributed by atoms with Crippen molar-refractivity contribution in [1.82, 2.24) is 0 Å². The number of para-hydroxylation sites is 2. The van der Waals surface area contributed by atoms with Crippen LogP contribution in [0.25, 0.3) is 0 Å². The van der Waals surface area contributed by atoms with E-state index in [2.05, 4.69) is 0 Å². The standard InChI is InChI=1S/C6H7NO.C6H6O2/c7-5-3-1-2-4-6(5)8;7-5-2-1-3-6(8)4-5/h1-4,8H,7H2;1-4,7-8H. The van der Waals surface area contributed by atoms with Crippen molar-refractivity contribution in [2.45, 2.75) is 0 Å². The van der Waals surface area contributed by atoms with Gasteiger partial charge in [0.1, 0.15) is 17.2 Å². The molecule has 0 unspecified atom stereocenters. The number of rotatable bonds is 0. The van der Waals surface area contributed by atoms with Crippen molar-refractivity contribution in [1.29, 1.82) is 0 Å². The molecule has 0 aliphatic heterocycles. The molecular weight excluding hydrogens is 206 g/mol. The molecule has 0 fully saturated rings. The van der Waals surface area contributed by atoms with Gasteiger partial charge in [-0.1, -0.05) is 18.2 Å². The number of nitrogen functional groups attached to an aromatic ring is 1. The Hall–Kier alpha value is -2.36. The second kappa shape index (κ2) is 5.50. The van der Waals surface area contributed by atoms with Crippen molar-refractivity contribution < 1.29 is 15.3 Å². The maximum Gasteiger partial charge on any atom is 0.138 e. The third-order valence-corrected chi connectivity index (χ3v) is 1.77. The van der Waals surface area contributed by atoms with E-state index in [1.54, 1.807) is 30.3 Å². The molecule has 0 radical (unpaired) electrons. The van der Waals surface area contributed by atoms with Crippen LogP contribution in [0.5, 0.6) is 17.2 Å². The average molecular weight is 219 g/mol. The smallest absolute Gasteiger partial charge is 0.138 e. The zero-order valence-corrected chi connectivity index (χ0v) is 8.54. The summed E-state index contributed by atoms with van der Waals surface area (Å²) in [5, 5.41) is 26.1. The number of anilines is 1. The van der Waals surface area contributed by atoms with Crippen LogP contribution in [0.2, 0.25) is 0 Å². The van der Waals surface area contributed by atoms with E-state index in [1.807, 2.05) is 0 Å². The molecule has 4 nitrogen and oxygen atoms in total. The molecule has 84 valence electrons. The van der Waals surface area contributed by atoms with Gasteiger partial charge in [-0.05, 0) is 24.3 Å². The van der Waals surface area contributed by atoms with Crippen LogP contribution in [0, 0.1) is 0 Å². The fourth-order valence-corrected chi connectivity index (χ4v) is 0.981. The summed E-state index contributed by atoms with van der Waals surface area (Å²) in [4.78, 5) is 0. The lowest BCUT2D eigenvalue weighted by molar-refractivity contribution is 0.450. The zero-order valence-electron chi connectivity index (χ0n) is 8.54. The van der Waals surface area contributed by atoms with E-state index in [-0.39, 0.29) is 17.2 Å². The summed E-state index contributed by atoms with van der Waals surface area (Å²) < 4.78 is 0. The maximum absolute atomic E-state index is 8.79. The number of phenols is 3. The predicted octanol–water partition coefficient (Wildman–Crippen LogP) is 2.07. The van der Waals surface area contributed by atoms with Crippen molar-refractivity contribution in [3.05, 3.63) is 48.5 Å². The minimum absolute atomic E-state index is 0.0880. The molecule has 2 aromatic carbocycles. The Bertz CT molecular complexity index is 419. The van der Waals surface area contributed by atoms with Crippen molar-refractivity contribution in [2.24, 2.45) is 0 Å². The molecule has 0 aromatic heterocycles. The molecular formula is C12H13NO3. The Balaban J connectivity index is 0.000000160. The van der Waals surface area contributed by atoms with Gasteiger partial charge in [0.15, 0.2) is 0 Å². The van der Waals surface area contributed by atoms with Crippen LogP contribution >= 0.6 is 0 Å². The van der Waals surface area contributed by atoms with E-state index >= 15 is 0 Å². The molecule has 0 heterocycles. The van der Waals surface area contributed by atoms with Crippen LogP contribution < -0.4 is 5.73 Å². The fraction of sp³-hybridized carbons (Fsp3) is 0. The topological polar surface area (TPSA) is 86.7 Å². The van der Waals surface area contributed by atoms with Crippen LogP contribution in [0.3, 0.4) is 0 Å². The molecule has 0 atom stereocenters. The highest BCUT2D eigenvalue weighted by molar-refractivity contribution is 5.50. The Labute approximate surface area is 93.2 Å². The maximum atomic E-state index is 8.79. The van der Waals surface area contributed by atoms with E-state index in [0.29, 0.717) is 5.69 Å². The lowest BCUT2D eigenvalue weighted by Crippen LogP contribution is -1.82. The summed E-state index contributed by atoms with van der Waals surface area (Å²) in [6.45, 7) is 0. The Morgan fingerprint density at radius 2 is 1.31 bits per heavy atom. The van der Waals surface area contributed by atoms with Crippen molar-refractivity contribution >= 4 is 5.69 Å². The van der Waals surface area contributed by atoms with Crippen molar-refractivity contribution in [2.75, 3.05) is 5.73 Å². The number of hydrogen-bond donors (Lipinski definition) is 4. The molecule has 0 saturated heterocycles. The monoisotopic (exact) mass is 219 g/mol. The van der Waals surface area contributed by atoms with Gasteiger partial charge in [0.05, 0.1) is 5.69 Å². The number of nitrogens with two attached hydrogens (primary N) is 1. The first kappa shape index (κ1) is 11.7. The van der Waals surface area contributed by atoms with Gasteiger partial charge in [-0.3, -0.25) is 0 Å². The Kier molecular flexibility index (Phi) is 4.03. The van der Waals surface area contributed by atoms with E-state index in [0.717, 1.165) is 0 Å². The predicted molar refractivity (Wildman–Crippen MR) is 62.3 cm³/mol. The van der Waals surface area contributed by atoms with Gasteiger partial charge < -0.3 is 21.1 Å². The number of phenolic OH excluding ortho intramolecular Hbond substituents is 3. The van der Waals surface area contributed by atoms with Gasteiger partial charge in [-0.15, -0.1) is 0 Å². The van der Waals surface area contributed by atoms with E-state index in [9.17, 15) is 0 Å². The number of hydrogen-bond acceptors (Lipinski definition) is 4. The Morgan fingerprint density at radius 1 is 0.750 bits per heavy atom. The normalized spacial score (nSPS) is 9.00. The first-order chi connectivity index (χ1) is 7.59. The van der Waals surface area contributed by atoms with Gasteiger partial charge in [-0.2, -0.15) is 0 Å². The van der Waals surface area contributed by atoms with Crippen LogP contribution in [0.15, 0.2) is 48.5 Å². The summed E-state index contributed by atoms with van der Waals surface area (Å²) in [6.07, 6.45) is 0. The van der Waals surface area contributed by atoms with Crippen LogP contribution in [0.4, 0.5) is 5.69 Å². The highest BCUT2D eigenvalue weighted by Gasteiger charge is 1.87. The largest absolute Gasteiger partial charge is 0.508 e. The molecule has 4 heteroatoms. The number of aromatic hydroxyl groups is 3. The van der Waals surface area contributed by atoms with Crippen LogP contribution in [-0.4, -0.2) is 15.3 Å². The Morgan fingerprint density at radius 3 is 1.62 bits per heavy atom. The van der Waals surface area contributed by atoms with Crippen molar-refractivity contribution in [3.8, 4) is 17.2 Å². The minimum atomic E-state index is 0.0880. The fourth-order valence-electron chi connectivity index (χ4n) is 0.981. The van der Waals surface area contributed by atoms with E-state index in [1.165, 1.54) is 18.2 Å². The quantitative estimate of drug-likeness (QED) is 0.403. The summed E-state index contributed by atoms with van der Waals surface area (Å²) in [6, 6.07) is 12.6. The molecule has 0 spiro atoms. The average Bonchev–Trinajstić information content (AvgIpc) is 2.23. The molecule has 0 aliphatic carbocycles. The van der Waals surface area contributed by atoms with E-state index in [4.69, 9.17) is 21.1 Å². The van der Waals surface area contributed by atoms with Gasteiger partial charge in [0.25, 0.3) is 0 Å². The zero-order chi connectivity index (χ0) is 12.0. The summed E-state index contributed by atoms with van der Waals surface area (Å²) >= 11 is 0. The first-order valence-electron chi connectivity index (χ1n) is 4.61. The minimum Gasteiger partial charge on any atom is -0.508 e. The second-order valence-electron chi connectivity index (χ2n) is 3.08. The van der Waals surface area contributed by atoms with Crippen LogP contribution in [0.1, 0.15) is 0 Å². The highest BCUT2D eigenvalue weighted by atomic mass is 16.3. The lowest BCUT2D eigenvalue weighted by Gasteiger charge is -1.92. The van der Waals surface area contributed by atoms with Gasteiger partial charge in [-0.25, -0.2) is 0 Å². The van der Waals surface area contributed by atoms with Gasteiger partial charge in [0, 0.05) is 6.07 Å². The molecule has 2 aromatic rings. The molecule has 2 rings (SSSR count). The van der Waals surface area contributed by atoms with Gasteiger partial charge >= 0.3 is 0 Å². The lowest BCUT2D eigenvalue weighted by atomic mass is 10.3. The SMILES string of the molecule is Nc1ccccc1O.Oc1cccc(O)c1. The third kappa shape index (κ3) is 3.79. The van der Waals surface area contributed by atoms with Gasteiger partial charge in [0.2, 0.25) is 0 Å². The molecule has 0 saturated carbocycles. The molecule has 0 bridgehead atoms. The third-order valence-electron chi connectivity index (χ3n) is 1.77. The van der Waals surface area contributed by atoms with Crippen molar-refractivity contribution in [3.63, 3.8) is 0 Å². The van der Waals surface area contributed by atoms with Crippen LogP contribution in [-0.2, 0) is 0 Å². The summed E-state index contributed by atoms with van der Waals surface area (Å²) in [7, 11) is 0. The molecule has 0 amide bonds. The summed E-state index contributed by atoms with van der Waals surface area (Å²) in [5.74, 6) is 0.322. The molecule has 5 N–H and O–H groups in total. The number of benzene rings is 2. The first-order valence-corrected chi connectivity index (χ1v) is 4.61. The van der Waals surface area contributed by atoms with E-state index < -0.39 is 0 Å². The highest BCUT2D eigenvalue weighted by Crippen LogP contribution is 2.16. The molecule has 16 heavy (non-hydrogen) atoms.